The molecule has 0 radical (unpaired) electrons. The fourth-order valence-electron chi connectivity index (χ4n) is 4.79. The molecule has 0 unspecified atom stereocenters. The standard InChI is InChI=1S/C25H30O4Si/c1-23(2,3)30(19-12-8-6-9-13-19,20-14-10-7-11-15-20)27-18-25-17-16-21(26)22(25)28-24(4,5)29-25/h6-17,22H,18H2,1-5H3/t22-,25-/m0/s1. The van der Waals surface area contributed by atoms with E-state index in [9.17, 15) is 4.79 Å². The van der Waals surface area contributed by atoms with Crippen LogP contribution < -0.4 is 10.4 Å². The van der Waals surface area contributed by atoms with Gasteiger partial charge in [-0.3, -0.25) is 4.79 Å². The fraction of sp³-hybridized carbons (Fsp3) is 0.400. The largest absolute Gasteiger partial charge is 0.404 e. The van der Waals surface area contributed by atoms with Gasteiger partial charge in [-0.05, 0) is 41.4 Å². The van der Waals surface area contributed by atoms with E-state index >= 15 is 0 Å². The molecule has 0 amide bonds. The van der Waals surface area contributed by atoms with E-state index in [1.807, 2.05) is 32.1 Å². The van der Waals surface area contributed by atoms with E-state index in [1.54, 1.807) is 6.08 Å². The number of ether oxygens (including phenoxy) is 2. The van der Waals surface area contributed by atoms with Crippen molar-refractivity contribution in [2.24, 2.45) is 0 Å². The Balaban J connectivity index is 1.80. The minimum absolute atomic E-state index is 0.0633. The minimum atomic E-state index is -2.73. The highest BCUT2D eigenvalue weighted by Crippen LogP contribution is 2.44. The first-order chi connectivity index (χ1) is 14.1. The molecule has 0 aromatic heterocycles. The summed E-state index contributed by atoms with van der Waals surface area (Å²) in [6, 6.07) is 20.9. The number of rotatable bonds is 5. The van der Waals surface area contributed by atoms with Crippen molar-refractivity contribution in [1.82, 2.24) is 0 Å². The molecule has 1 fully saturated rings. The molecular weight excluding hydrogens is 392 g/mol. The highest BCUT2D eigenvalue weighted by molar-refractivity contribution is 6.99. The minimum Gasteiger partial charge on any atom is -0.404 e. The Kier molecular flexibility index (Phi) is 5.14. The van der Waals surface area contributed by atoms with Crippen molar-refractivity contribution in [3.8, 4) is 0 Å². The number of fused-ring (bicyclic) bond motifs is 1. The fourth-order valence-corrected chi connectivity index (χ4v) is 9.38. The SMILES string of the molecule is CC1(C)O[C@H]2C(=O)C=C[C@@]2(CO[Si](c2ccccc2)(c2ccccc2)C(C)(C)C)O1. The lowest BCUT2D eigenvalue weighted by Crippen LogP contribution is -2.68. The molecule has 4 rings (SSSR count). The summed E-state index contributed by atoms with van der Waals surface area (Å²) in [5.41, 5.74) is -0.895. The first-order valence-corrected chi connectivity index (χ1v) is 12.4. The Labute approximate surface area is 180 Å². The Morgan fingerprint density at radius 1 is 0.967 bits per heavy atom. The number of carbonyl (C=O) groups excluding carboxylic acids is 1. The number of ketones is 1. The second kappa shape index (κ2) is 7.27. The van der Waals surface area contributed by atoms with Crippen LogP contribution in [-0.4, -0.2) is 38.2 Å². The molecule has 1 aliphatic carbocycles. The maximum Gasteiger partial charge on any atom is 0.261 e. The lowest BCUT2D eigenvalue weighted by Gasteiger charge is -2.44. The molecule has 0 N–H and O–H groups in total. The van der Waals surface area contributed by atoms with Crippen molar-refractivity contribution in [3.05, 3.63) is 72.8 Å². The van der Waals surface area contributed by atoms with Gasteiger partial charge >= 0.3 is 0 Å². The summed E-state index contributed by atoms with van der Waals surface area (Å²) in [5, 5.41) is 2.25. The summed E-state index contributed by atoms with van der Waals surface area (Å²) >= 11 is 0. The summed E-state index contributed by atoms with van der Waals surface area (Å²) in [6.07, 6.45) is 2.73. The monoisotopic (exact) mass is 422 g/mol. The predicted octanol–water partition coefficient (Wildman–Crippen LogP) is 3.59. The maximum absolute atomic E-state index is 12.5. The van der Waals surface area contributed by atoms with Crippen LogP contribution in [0.15, 0.2) is 72.8 Å². The molecule has 2 aromatic rings. The summed E-state index contributed by atoms with van der Waals surface area (Å²) in [6.45, 7) is 10.7. The first-order valence-electron chi connectivity index (χ1n) is 10.5. The second-order valence-electron chi connectivity index (χ2n) is 9.64. The van der Waals surface area contributed by atoms with E-state index in [4.69, 9.17) is 13.9 Å². The average Bonchev–Trinajstić information content (AvgIpc) is 3.14. The first kappa shape index (κ1) is 21.2. The third-order valence-corrected chi connectivity index (χ3v) is 11.0. The Bertz CT molecular complexity index is 907. The zero-order valence-corrected chi connectivity index (χ0v) is 19.3. The summed E-state index contributed by atoms with van der Waals surface area (Å²) in [4.78, 5) is 12.5. The molecule has 1 heterocycles. The van der Waals surface area contributed by atoms with Gasteiger partial charge in [0.05, 0.1) is 6.61 Å². The van der Waals surface area contributed by atoms with Crippen molar-refractivity contribution in [3.63, 3.8) is 0 Å². The van der Waals surface area contributed by atoms with Crippen LogP contribution in [-0.2, 0) is 18.7 Å². The van der Waals surface area contributed by atoms with Crippen LogP contribution in [0.4, 0.5) is 0 Å². The third kappa shape index (κ3) is 3.40. The number of hydrogen-bond donors (Lipinski definition) is 0. The predicted molar refractivity (Wildman–Crippen MR) is 120 cm³/mol. The van der Waals surface area contributed by atoms with Gasteiger partial charge < -0.3 is 13.9 Å². The zero-order chi connectivity index (χ0) is 21.6. The lowest BCUT2D eigenvalue weighted by molar-refractivity contribution is -0.163. The highest BCUT2D eigenvalue weighted by atomic mass is 28.4. The van der Waals surface area contributed by atoms with Crippen molar-refractivity contribution in [2.75, 3.05) is 6.61 Å². The smallest absolute Gasteiger partial charge is 0.261 e. The molecule has 4 nitrogen and oxygen atoms in total. The van der Waals surface area contributed by atoms with Gasteiger partial charge in [-0.15, -0.1) is 0 Å². The van der Waals surface area contributed by atoms with Gasteiger partial charge in [-0.2, -0.15) is 0 Å². The van der Waals surface area contributed by atoms with Gasteiger partial charge in [-0.25, -0.2) is 0 Å². The van der Waals surface area contributed by atoms with Crippen molar-refractivity contribution in [2.45, 2.75) is 57.1 Å². The van der Waals surface area contributed by atoms with Crippen LogP contribution in [0, 0.1) is 0 Å². The molecule has 2 atom stereocenters. The average molecular weight is 423 g/mol. The molecule has 158 valence electrons. The zero-order valence-electron chi connectivity index (χ0n) is 18.3. The van der Waals surface area contributed by atoms with Gasteiger partial charge in [0.1, 0.15) is 5.60 Å². The Hall–Kier alpha value is -2.05. The van der Waals surface area contributed by atoms with E-state index in [0.717, 1.165) is 0 Å². The van der Waals surface area contributed by atoms with Crippen LogP contribution >= 0.6 is 0 Å². The van der Waals surface area contributed by atoms with Gasteiger partial charge in [0.2, 0.25) is 0 Å². The molecular formula is C25H30O4Si. The molecule has 2 aliphatic rings. The number of benzene rings is 2. The Morgan fingerprint density at radius 3 is 2.00 bits per heavy atom. The van der Waals surface area contributed by atoms with Crippen molar-refractivity contribution >= 4 is 24.5 Å². The second-order valence-corrected chi connectivity index (χ2v) is 13.9. The highest BCUT2D eigenvalue weighted by Gasteiger charge is 2.59. The Morgan fingerprint density at radius 2 is 1.50 bits per heavy atom. The molecule has 5 heteroatoms. The van der Waals surface area contributed by atoms with Crippen molar-refractivity contribution in [1.29, 1.82) is 0 Å². The summed E-state index contributed by atoms with van der Waals surface area (Å²) in [5.74, 6) is -0.897. The molecule has 0 spiro atoms. The van der Waals surface area contributed by atoms with Gasteiger partial charge in [0, 0.05) is 0 Å². The van der Waals surface area contributed by atoms with E-state index in [1.165, 1.54) is 10.4 Å². The maximum atomic E-state index is 12.5. The third-order valence-electron chi connectivity index (χ3n) is 6.00. The summed E-state index contributed by atoms with van der Waals surface area (Å²) in [7, 11) is -2.73. The van der Waals surface area contributed by atoms with Crippen molar-refractivity contribution < 1.29 is 18.7 Å². The molecule has 2 aromatic carbocycles. The van der Waals surface area contributed by atoms with Gasteiger partial charge in [0.15, 0.2) is 17.7 Å². The van der Waals surface area contributed by atoms with Gasteiger partial charge in [-0.1, -0.05) is 81.4 Å². The van der Waals surface area contributed by atoms with Crippen LogP contribution in [0.5, 0.6) is 0 Å². The van der Waals surface area contributed by atoms with E-state index in [2.05, 4.69) is 69.3 Å². The number of hydrogen-bond acceptors (Lipinski definition) is 4. The van der Waals surface area contributed by atoms with E-state index in [0.29, 0.717) is 0 Å². The lowest BCUT2D eigenvalue weighted by atomic mass is 10.0. The van der Waals surface area contributed by atoms with E-state index in [-0.39, 0.29) is 17.4 Å². The molecule has 0 bridgehead atoms. The topological polar surface area (TPSA) is 44.8 Å². The van der Waals surface area contributed by atoms with Crippen LogP contribution in [0.1, 0.15) is 34.6 Å². The summed E-state index contributed by atoms with van der Waals surface area (Å²) < 4.78 is 19.3. The van der Waals surface area contributed by atoms with Crippen LogP contribution in [0.25, 0.3) is 0 Å². The van der Waals surface area contributed by atoms with Crippen LogP contribution in [0.2, 0.25) is 5.04 Å². The molecule has 0 saturated carbocycles. The molecule has 1 saturated heterocycles. The van der Waals surface area contributed by atoms with E-state index < -0.39 is 25.8 Å². The van der Waals surface area contributed by atoms with Crippen LogP contribution in [0.3, 0.4) is 0 Å². The normalized spacial score (nSPS) is 25.5. The number of carbonyl (C=O) groups is 1. The molecule has 1 aliphatic heterocycles. The quantitative estimate of drug-likeness (QED) is 0.691. The molecule has 30 heavy (non-hydrogen) atoms. The van der Waals surface area contributed by atoms with Gasteiger partial charge in [0.25, 0.3) is 8.32 Å².